The summed E-state index contributed by atoms with van der Waals surface area (Å²) in [7, 11) is 0. The molecule has 0 radical (unpaired) electrons. The molecule has 2 rings (SSSR count). The van der Waals surface area contributed by atoms with Gasteiger partial charge in [-0.15, -0.1) is 0 Å². The van der Waals surface area contributed by atoms with Crippen LogP contribution in [0.4, 0.5) is 16.2 Å². The monoisotopic (exact) mass is 379 g/mol. The molecular weight excluding hydrogens is 366 g/mol. The van der Waals surface area contributed by atoms with Crippen LogP contribution in [0.25, 0.3) is 0 Å². The van der Waals surface area contributed by atoms with E-state index in [0.717, 1.165) is 11.9 Å². The summed E-state index contributed by atoms with van der Waals surface area (Å²) < 4.78 is 12.5. The van der Waals surface area contributed by atoms with Gasteiger partial charge in [-0.1, -0.05) is 12.1 Å². The quantitative estimate of drug-likeness (QED) is 0.183. The van der Waals surface area contributed by atoms with E-state index in [1.807, 2.05) is 0 Å². The normalized spacial score (nSPS) is 10.2. The zero-order chi connectivity index (χ0) is 18.9. The molecule has 2 aromatic rings. The van der Waals surface area contributed by atoms with Crippen molar-refractivity contribution in [2.75, 3.05) is 13.2 Å². The summed E-state index contributed by atoms with van der Waals surface area (Å²) in [5, 5.41) is 21.4. The minimum atomic E-state index is -0.962. The molecule has 0 amide bonds. The van der Waals surface area contributed by atoms with Crippen molar-refractivity contribution in [2.24, 2.45) is 0 Å². The Bertz CT molecular complexity index is 798. The second-order valence-corrected chi connectivity index (χ2v) is 5.61. The number of rotatable bonds is 8. The minimum absolute atomic E-state index is 0.0245. The molecule has 2 aromatic carbocycles. The van der Waals surface area contributed by atoms with Crippen LogP contribution in [-0.4, -0.2) is 29.2 Å². The van der Waals surface area contributed by atoms with Gasteiger partial charge in [-0.3, -0.25) is 25.0 Å². The minimum Gasteiger partial charge on any atom is -0.433 e. The number of hydrogen-bond donors (Lipinski definition) is 1. The molecule has 11 heteroatoms. The molecule has 0 spiro atoms. The molecule has 26 heavy (non-hydrogen) atoms. The number of hydrogen-bond acceptors (Lipinski definition) is 9. The number of nitrogens with one attached hydrogen (secondary N) is 1. The first kappa shape index (κ1) is 19.1. The van der Waals surface area contributed by atoms with Crippen LogP contribution in [0.2, 0.25) is 0 Å². The van der Waals surface area contributed by atoms with Crippen LogP contribution < -0.4 is 9.46 Å². The van der Waals surface area contributed by atoms with E-state index >= 15 is 0 Å². The van der Waals surface area contributed by atoms with Gasteiger partial charge in [0.2, 0.25) is 0 Å². The van der Waals surface area contributed by atoms with Crippen molar-refractivity contribution >= 4 is 29.5 Å². The van der Waals surface area contributed by atoms with Crippen LogP contribution in [0, 0.1) is 20.2 Å². The Hall–Kier alpha value is -3.18. The van der Waals surface area contributed by atoms with Crippen LogP contribution in [0.15, 0.2) is 53.4 Å². The number of nitro benzene ring substituents is 2. The van der Waals surface area contributed by atoms with Gasteiger partial charge in [0, 0.05) is 24.7 Å². The highest BCUT2D eigenvalue weighted by Crippen LogP contribution is 2.26. The maximum atomic E-state index is 11.5. The van der Waals surface area contributed by atoms with Crippen molar-refractivity contribution in [3.05, 3.63) is 68.8 Å². The Balaban J connectivity index is 1.70. The Morgan fingerprint density at radius 1 is 1.04 bits per heavy atom. The van der Waals surface area contributed by atoms with E-state index in [9.17, 15) is 25.0 Å². The summed E-state index contributed by atoms with van der Waals surface area (Å²) >= 11 is 1.05. The average molecular weight is 379 g/mol. The number of ether oxygens (including phenoxy) is 2. The molecule has 0 saturated heterocycles. The summed E-state index contributed by atoms with van der Waals surface area (Å²) in [6.45, 7) is 0.200. The lowest BCUT2D eigenvalue weighted by atomic mass is 10.3. The van der Waals surface area contributed by atoms with Crippen molar-refractivity contribution in [1.82, 2.24) is 4.72 Å². The third-order valence-electron chi connectivity index (χ3n) is 2.92. The predicted molar refractivity (Wildman–Crippen MR) is 92.0 cm³/mol. The molecule has 0 heterocycles. The first-order valence-corrected chi connectivity index (χ1v) is 8.01. The maximum absolute atomic E-state index is 11.5. The van der Waals surface area contributed by atoms with Crippen molar-refractivity contribution in [2.45, 2.75) is 4.90 Å². The molecule has 0 unspecified atom stereocenters. The molecule has 0 fully saturated rings. The summed E-state index contributed by atoms with van der Waals surface area (Å²) in [6.07, 6.45) is -0.962. The summed E-state index contributed by atoms with van der Waals surface area (Å²) in [5.41, 5.74) is -0.148. The van der Waals surface area contributed by atoms with Gasteiger partial charge in [0.05, 0.1) is 9.85 Å². The van der Waals surface area contributed by atoms with Crippen LogP contribution in [0.1, 0.15) is 0 Å². The van der Waals surface area contributed by atoms with Gasteiger partial charge in [-0.2, -0.15) is 0 Å². The molecular formula is C15H13N3O7S. The van der Waals surface area contributed by atoms with Crippen molar-refractivity contribution in [1.29, 1.82) is 0 Å². The largest absolute Gasteiger partial charge is 0.513 e. The standard InChI is InChI=1S/C15H13N3O7S/c19-15(25-12-7-5-11(6-8-12)17(20)21)24-10-9-16-26-14-4-2-1-3-13(14)18(22)23/h1-8,16H,9-10H2. The number of para-hydroxylation sites is 1. The van der Waals surface area contributed by atoms with Crippen LogP contribution in [0.5, 0.6) is 5.75 Å². The Morgan fingerprint density at radius 3 is 2.38 bits per heavy atom. The van der Waals surface area contributed by atoms with Gasteiger partial charge in [0.15, 0.2) is 0 Å². The molecule has 0 aliphatic heterocycles. The molecule has 0 bridgehead atoms. The lowest BCUT2D eigenvalue weighted by Gasteiger charge is -2.07. The topological polar surface area (TPSA) is 134 Å². The second-order valence-electron chi connectivity index (χ2n) is 4.67. The van der Waals surface area contributed by atoms with Crippen LogP contribution >= 0.6 is 11.9 Å². The number of carbonyl (C=O) groups is 1. The molecule has 136 valence electrons. The zero-order valence-corrected chi connectivity index (χ0v) is 14.0. The van der Waals surface area contributed by atoms with Crippen LogP contribution in [-0.2, 0) is 4.74 Å². The van der Waals surface area contributed by atoms with E-state index in [1.54, 1.807) is 18.2 Å². The third kappa shape index (κ3) is 5.72. The third-order valence-corrected chi connectivity index (χ3v) is 3.83. The molecule has 0 aliphatic rings. The van der Waals surface area contributed by atoms with E-state index < -0.39 is 16.0 Å². The SMILES string of the molecule is O=C(OCCNSc1ccccc1[N+](=O)[O-])Oc1ccc([N+](=O)[O-])cc1. The second kappa shape index (κ2) is 9.34. The average Bonchev–Trinajstić information content (AvgIpc) is 2.62. The first-order chi connectivity index (χ1) is 12.5. The number of non-ortho nitro benzene ring substituents is 1. The Morgan fingerprint density at radius 2 is 1.73 bits per heavy atom. The van der Waals surface area contributed by atoms with Crippen molar-refractivity contribution < 1.29 is 24.1 Å². The fourth-order valence-corrected chi connectivity index (χ4v) is 2.50. The van der Waals surface area contributed by atoms with Crippen molar-refractivity contribution in [3.63, 3.8) is 0 Å². The molecule has 0 aromatic heterocycles. The predicted octanol–water partition coefficient (Wildman–Crippen LogP) is 3.32. The number of nitro groups is 2. The molecule has 0 saturated carbocycles. The van der Waals surface area contributed by atoms with Crippen LogP contribution in [0.3, 0.4) is 0 Å². The van der Waals surface area contributed by atoms with Crippen molar-refractivity contribution in [3.8, 4) is 5.75 Å². The van der Waals surface area contributed by atoms with E-state index in [2.05, 4.69) is 4.72 Å². The smallest absolute Gasteiger partial charge is 0.433 e. The molecule has 0 aliphatic carbocycles. The highest BCUT2D eigenvalue weighted by Gasteiger charge is 2.13. The van der Waals surface area contributed by atoms with Gasteiger partial charge >= 0.3 is 6.16 Å². The van der Waals surface area contributed by atoms with Gasteiger partial charge in [-0.25, -0.2) is 4.79 Å². The first-order valence-electron chi connectivity index (χ1n) is 7.19. The van der Waals surface area contributed by atoms with Gasteiger partial charge in [0.25, 0.3) is 11.4 Å². The fraction of sp³-hybridized carbons (Fsp3) is 0.133. The number of carbonyl (C=O) groups excluding carboxylic acids is 1. The maximum Gasteiger partial charge on any atom is 0.513 e. The van der Waals surface area contributed by atoms with Gasteiger partial charge in [0.1, 0.15) is 17.3 Å². The fourth-order valence-electron chi connectivity index (χ4n) is 1.76. The summed E-state index contributed by atoms with van der Waals surface area (Å²) in [6, 6.07) is 11.2. The van der Waals surface area contributed by atoms with Gasteiger partial charge < -0.3 is 9.47 Å². The molecule has 1 N–H and O–H groups in total. The molecule has 10 nitrogen and oxygen atoms in total. The van der Waals surface area contributed by atoms with E-state index in [4.69, 9.17) is 9.47 Å². The Kier molecular flexibility index (Phi) is 6.88. The molecule has 0 atom stereocenters. The number of nitrogens with zero attached hydrogens (tertiary/aromatic N) is 2. The highest BCUT2D eigenvalue weighted by molar-refractivity contribution is 7.97. The Labute approximate surface area is 151 Å². The summed E-state index contributed by atoms with van der Waals surface area (Å²) in [5.74, 6) is 0.114. The lowest BCUT2D eigenvalue weighted by molar-refractivity contribution is -0.387. The highest BCUT2D eigenvalue weighted by atomic mass is 32.2. The lowest BCUT2D eigenvalue weighted by Crippen LogP contribution is -2.18. The summed E-state index contributed by atoms with van der Waals surface area (Å²) in [4.78, 5) is 32.3. The van der Waals surface area contributed by atoms with E-state index in [0.29, 0.717) is 4.90 Å². The van der Waals surface area contributed by atoms with Gasteiger partial charge in [-0.05, 0) is 30.1 Å². The van der Waals surface area contributed by atoms with E-state index in [-0.39, 0.29) is 30.3 Å². The van der Waals surface area contributed by atoms with E-state index in [1.165, 1.54) is 30.3 Å². The number of benzene rings is 2. The zero-order valence-electron chi connectivity index (χ0n) is 13.2.